The summed E-state index contributed by atoms with van der Waals surface area (Å²) in [6.45, 7) is 2.00. The Bertz CT molecular complexity index is 975. The van der Waals surface area contributed by atoms with Gasteiger partial charge in [0.2, 0.25) is 0 Å². The van der Waals surface area contributed by atoms with E-state index in [-0.39, 0.29) is 0 Å². The predicted molar refractivity (Wildman–Crippen MR) is 131 cm³/mol. The van der Waals surface area contributed by atoms with E-state index in [1.165, 1.54) is 44.5 Å². The molecule has 0 aliphatic heterocycles. The summed E-state index contributed by atoms with van der Waals surface area (Å²) in [7, 11) is 1.50. The van der Waals surface area contributed by atoms with E-state index in [2.05, 4.69) is 84.9 Å². The van der Waals surface area contributed by atoms with Gasteiger partial charge in [-0.15, -0.1) is 11.1 Å². The van der Waals surface area contributed by atoms with E-state index in [0.29, 0.717) is 0 Å². The first-order chi connectivity index (χ1) is 16.3. The molecule has 0 unspecified atom stereocenters. The van der Waals surface area contributed by atoms with Crippen LogP contribution >= 0.6 is 0 Å². The third-order valence-electron chi connectivity index (χ3n) is 5.23. The molecule has 0 amide bonds. The second kappa shape index (κ2) is 14.5. The van der Waals surface area contributed by atoms with Crippen LogP contribution in [0.1, 0.15) is 29.2 Å². The molecule has 0 aromatic heterocycles. The number of benzene rings is 4. The Morgan fingerprint density at radius 1 is 0.606 bits per heavy atom. The summed E-state index contributed by atoms with van der Waals surface area (Å²) >= 11 is 2.00. The van der Waals surface area contributed by atoms with Gasteiger partial charge in [-0.2, -0.15) is 73.9 Å². The molecule has 0 saturated heterocycles. The van der Waals surface area contributed by atoms with Crippen molar-refractivity contribution in [3.05, 3.63) is 119 Å². The van der Waals surface area contributed by atoms with Crippen LogP contribution in [0.15, 0.2) is 84.9 Å². The molecule has 2 aliphatic rings. The van der Waals surface area contributed by atoms with Crippen LogP contribution in [0.4, 0.5) is 0 Å². The van der Waals surface area contributed by atoms with Gasteiger partial charge in [-0.25, -0.2) is 0 Å². The zero-order chi connectivity index (χ0) is 24.1. The quantitative estimate of drug-likeness (QED) is 0.245. The van der Waals surface area contributed by atoms with Crippen molar-refractivity contribution in [1.29, 1.82) is 0 Å². The summed E-state index contributed by atoms with van der Waals surface area (Å²) in [6.07, 6.45) is 2.10. The smallest absolute Gasteiger partial charge is 0.0253 e. The molecule has 3 heteroatoms. The van der Waals surface area contributed by atoms with Crippen LogP contribution in [0.3, 0.4) is 0 Å². The molecule has 166 valence electrons. The summed E-state index contributed by atoms with van der Waals surface area (Å²) in [4.78, 5) is 0. The average Bonchev–Trinajstić information content (AvgIpc) is 3.46. The number of hydrogen-bond donors (Lipinski definition) is 0. The van der Waals surface area contributed by atoms with Crippen molar-refractivity contribution in [3.63, 3.8) is 0 Å². The Morgan fingerprint density at radius 2 is 0.939 bits per heavy atom. The van der Waals surface area contributed by atoms with E-state index in [0.717, 1.165) is 27.1 Å². The molecule has 6 rings (SSSR count). The molecule has 33 heavy (non-hydrogen) atoms. The Labute approximate surface area is 209 Å². The molecule has 0 radical (unpaired) electrons. The van der Waals surface area contributed by atoms with E-state index in [1.54, 1.807) is 0 Å². The number of fused-ring (bicyclic) bond motifs is 6. The molecular formula is C30H28O2Ti-2. The fraction of sp³-hybridized carbons (Fsp3) is 0.167. The van der Waals surface area contributed by atoms with Gasteiger partial charge in [-0.1, -0.05) is 70.8 Å². The van der Waals surface area contributed by atoms with Crippen molar-refractivity contribution in [1.82, 2.24) is 0 Å². The van der Waals surface area contributed by atoms with E-state index in [9.17, 15) is 0 Å². The molecule has 2 aliphatic carbocycles. The summed E-state index contributed by atoms with van der Waals surface area (Å²) in [6, 6.07) is 36.2. The van der Waals surface area contributed by atoms with Crippen LogP contribution in [-0.2, 0) is 32.8 Å². The van der Waals surface area contributed by atoms with E-state index in [1.807, 2.05) is 43.3 Å². The van der Waals surface area contributed by atoms with Crippen molar-refractivity contribution >= 4 is 4.31 Å². The van der Waals surface area contributed by atoms with Crippen LogP contribution in [0.2, 0.25) is 0 Å². The van der Waals surface area contributed by atoms with E-state index in [4.69, 9.17) is 10.2 Å². The maximum absolute atomic E-state index is 8.25. The Kier molecular flexibility index (Phi) is 11.7. The predicted octanol–water partition coefficient (Wildman–Crippen LogP) is 4.42. The van der Waals surface area contributed by atoms with Crippen molar-refractivity contribution in [2.24, 2.45) is 0 Å². The Balaban J connectivity index is 0.000000185. The van der Waals surface area contributed by atoms with Gasteiger partial charge < -0.3 is 10.2 Å². The molecule has 0 N–H and O–H groups in total. The van der Waals surface area contributed by atoms with Gasteiger partial charge in [0.25, 0.3) is 0 Å². The molecular weight excluding hydrogens is 440 g/mol. The third kappa shape index (κ3) is 6.69. The van der Waals surface area contributed by atoms with Crippen LogP contribution in [-0.4, -0.2) is 18.5 Å². The Hall–Kier alpha value is -2.62. The van der Waals surface area contributed by atoms with Gasteiger partial charge in [-0.05, 0) is 12.8 Å². The second-order valence-corrected chi connectivity index (χ2v) is 7.98. The molecule has 0 bridgehead atoms. The largest absolute Gasteiger partial charge is 0.857 e. The SMILES string of the molecule is C[CH]=[Ti+2].C[O-].C[O-].[c-]1cccc2c1Cc1ccccc1-2.[c-]1cccc2c1Cc1ccccc1-2. The van der Waals surface area contributed by atoms with Gasteiger partial charge in [0.15, 0.2) is 0 Å². The van der Waals surface area contributed by atoms with Gasteiger partial charge in [-0.3, -0.25) is 0 Å². The van der Waals surface area contributed by atoms with Crippen molar-refractivity contribution in [3.8, 4) is 22.3 Å². The first kappa shape index (κ1) is 26.6. The first-order valence-corrected chi connectivity index (χ1v) is 11.6. The zero-order valence-electron chi connectivity index (χ0n) is 19.4. The molecule has 0 atom stereocenters. The molecule has 0 fully saturated rings. The monoisotopic (exact) mass is 468 g/mol. The molecule has 2 nitrogen and oxygen atoms in total. The van der Waals surface area contributed by atoms with E-state index < -0.39 is 0 Å². The summed E-state index contributed by atoms with van der Waals surface area (Å²) < 4.78 is 2.00. The molecule has 0 spiro atoms. The Morgan fingerprint density at radius 3 is 1.33 bits per heavy atom. The fourth-order valence-corrected chi connectivity index (χ4v) is 4.00. The summed E-state index contributed by atoms with van der Waals surface area (Å²) in [5.74, 6) is 0. The first-order valence-electron chi connectivity index (χ1n) is 10.7. The maximum Gasteiger partial charge on any atom is -0.0253 e. The fourth-order valence-electron chi connectivity index (χ4n) is 4.00. The minimum absolute atomic E-state index is 0.750. The molecule has 4 aromatic rings. The van der Waals surface area contributed by atoms with Crippen LogP contribution < -0.4 is 10.2 Å². The molecule has 0 heterocycles. The number of hydrogen-bond acceptors (Lipinski definition) is 2. The van der Waals surface area contributed by atoms with Crippen molar-refractivity contribution < 1.29 is 30.2 Å². The summed E-state index contributed by atoms with van der Waals surface area (Å²) in [5, 5.41) is 16.5. The van der Waals surface area contributed by atoms with Crippen molar-refractivity contribution in [2.75, 3.05) is 14.2 Å². The normalized spacial score (nSPS) is 10.5. The van der Waals surface area contributed by atoms with Crippen LogP contribution in [0, 0.1) is 12.1 Å². The van der Waals surface area contributed by atoms with Crippen molar-refractivity contribution in [2.45, 2.75) is 19.8 Å². The maximum atomic E-state index is 8.25. The molecule has 4 aromatic carbocycles. The average molecular weight is 468 g/mol. The third-order valence-corrected chi connectivity index (χ3v) is 5.23. The summed E-state index contributed by atoms with van der Waals surface area (Å²) in [5.41, 5.74) is 11.0. The second-order valence-electron chi connectivity index (χ2n) is 7.08. The minimum Gasteiger partial charge on any atom is -0.857 e. The van der Waals surface area contributed by atoms with Crippen LogP contribution in [0.5, 0.6) is 0 Å². The topological polar surface area (TPSA) is 46.1 Å². The zero-order valence-corrected chi connectivity index (χ0v) is 21.0. The van der Waals surface area contributed by atoms with Crippen LogP contribution in [0.25, 0.3) is 22.3 Å². The molecule has 0 saturated carbocycles. The van der Waals surface area contributed by atoms with E-state index >= 15 is 0 Å². The van der Waals surface area contributed by atoms with Gasteiger partial charge in [0.1, 0.15) is 0 Å². The van der Waals surface area contributed by atoms with Gasteiger partial charge >= 0.3 is 31.2 Å². The van der Waals surface area contributed by atoms with Gasteiger partial charge in [0, 0.05) is 0 Å². The van der Waals surface area contributed by atoms with Gasteiger partial charge in [0.05, 0.1) is 0 Å². The minimum atomic E-state index is 0.750. The number of rotatable bonds is 0. The standard InChI is InChI=1S/2C13H9.C2H4.2CH3O.Ti/c2*1-3-7-12-10(5-1)9-11-6-2-4-8-13(11)12;3*1-2;/h2*1-5,7-8H,9H2;1H,2H3;2*1H3;/q2*-1;;2*-1;+2.